The monoisotopic (exact) mass is 331 g/mol. The summed E-state index contributed by atoms with van der Waals surface area (Å²) in [5, 5.41) is 3.34. The smallest absolute Gasteiger partial charge is 0.258 e. The largest absolute Gasteiger partial charge is 0.483 e. The first kappa shape index (κ1) is 15.1. The number of benzene rings is 1. The number of ether oxygens (including phenoxy) is 1. The molecule has 18 heavy (non-hydrogen) atoms. The molecule has 98 valence electrons. The second-order valence-electron chi connectivity index (χ2n) is 3.83. The Morgan fingerprint density at radius 2 is 2.28 bits per heavy atom. The highest BCUT2D eigenvalue weighted by atomic mass is 79.9. The van der Waals surface area contributed by atoms with E-state index in [0.29, 0.717) is 17.3 Å². The van der Waals surface area contributed by atoms with Crippen LogP contribution in [0.4, 0.5) is 0 Å². The van der Waals surface area contributed by atoms with Crippen LogP contribution >= 0.6 is 27.5 Å². The van der Waals surface area contributed by atoms with Gasteiger partial charge in [0.05, 0.1) is 4.47 Å². The maximum atomic E-state index is 11.4. The van der Waals surface area contributed by atoms with Gasteiger partial charge in [0.25, 0.3) is 5.91 Å². The number of amides is 1. The van der Waals surface area contributed by atoms with E-state index in [0.717, 1.165) is 15.6 Å². The zero-order valence-electron chi connectivity index (χ0n) is 10.3. The number of carbonyl (C=O) groups excluding carboxylic acids is 1. The molecular weight excluding hydrogens is 318 g/mol. The van der Waals surface area contributed by atoms with Crippen LogP contribution in [0.2, 0.25) is 5.02 Å². The van der Waals surface area contributed by atoms with E-state index in [2.05, 4.69) is 27.8 Å². The van der Waals surface area contributed by atoms with Crippen molar-refractivity contribution in [3.05, 3.63) is 39.3 Å². The summed E-state index contributed by atoms with van der Waals surface area (Å²) in [6.07, 6.45) is 1.62. The molecule has 0 spiro atoms. The third-order valence-corrected chi connectivity index (χ3v) is 3.94. The standard InChI is InChI=1S/C13H15BrClNO2/c1-4-5-16-11(17)7-18-10-6-8(2)13(15)9(3)12(10)14/h4,6H,1,5,7H2,2-3H3,(H,16,17). The fourth-order valence-electron chi connectivity index (χ4n) is 1.39. The van der Waals surface area contributed by atoms with Crippen LogP contribution < -0.4 is 10.1 Å². The molecule has 0 aromatic heterocycles. The lowest BCUT2D eigenvalue weighted by Gasteiger charge is -2.12. The maximum absolute atomic E-state index is 11.4. The molecule has 0 bridgehead atoms. The third-order valence-electron chi connectivity index (χ3n) is 2.37. The van der Waals surface area contributed by atoms with E-state index in [4.69, 9.17) is 16.3 Å². The van der Waals surface area contributed by atoms with Crippen molar-refractivity contribution in [2.45, 2.75) is 13.8 Å². The van der Waals surface area contributed by atoms with Gasteiger partial charge in [-0.15, -0.1) is 6.58 Å². The molecule has 5 heteroatoms. The molecule has 0 aliphatic carbocycles. The van der Waals surface area contributed by atoms with Gasteiger partial charge in [-0.1, -0.05) is 17.7 Å². The summed E-state index contributed by atoms with van der Waals surface area (Å²) < 4.78 is 6.23. The summed E-state index contributed by atoms with van der Waals surface area (Å²) in [7, 11) is 0. The van der Waals surface area contributed by atoms with E-state index >= 15 is 0 Å². The van der Waals surface area contributed by atoms with E-state index in [1.54, 1.807) is 12.1 Å². The Bertz CT molecular complexity index is 475. The lowest BCUT2D eigenvalue weighted by molar-refractivity contribution is -0.122. The topological polar surface area (TPSA) is 38.3 Å². The van der Waals surface area contributed by atoms with Crippen LogP contribution in [-0.4, -0.2) is 19.1 Å². The number of rotatable bonds is 5. The highest BCUT2D eigenvalue weighted by Gasteiger charge is 2.12. The fraction of sp³-hybridized carbons (Fsp3) is 0.308. The van der Waals surface area contributed by atoms with Gasteiger partial charge in [-0.2, -0.15) is 0 Å². The van der Waals surface area contributed by atoms with Crippen molar-refractivity contribution >= 4 is 33.4 Å². The molecule has 0 aliphatic heterocycles. The van der Waals surface area contributed by atoms with Crippen LogP contribution in [0, 0.1) is 13.8 Å². The quantitative estimate of drug-likeness (QED) is 0.839. The number of hydrogen-bond acceptors (Lipinski definition) is 2. The van der Waals surface area contributed by atoms with Crippen LogP contribution in [-0.2, 0) is 4.79 Å². The summed E-state index contributed by atoms with van der Waals surface area (Å²) in [5.74, 6) is 0.426. The minimum atomic E-state index is -0.188. The first-order chi connectivity index (χ1) is 8.47. The van der Waals surface area contributed by atoms with Crippen LogP contribution in [0.25, 0.3) is 0 Å². The van der Waals surface area contributed by atoms with Gasteiger partial charge in [0.15, 0.2) is 6.61 Å². The molecule has 0 atom stereocenters. The Morgan fingerprint density at radius 3 is 2.89 bits per heavy atom. The molecule has 1 amide bonds. The van der Waals surface area contributed by atoms with Crippen molar-refractivity contribution in [2.24, 2.45) is 0 Å². The first-order valence-corrected chi connectivity index (χ1v) is 6.60. The van der Waals surface area contributed by atoms with Gasteiger partial charge in [-0.05, 0) is 47.0 Å². The molecule has 1 N–H and O–H groups in total. The van der Waals surface area contributed by atoms with E-state index in [1.807, 2.05) is 13.8 Å². The number of aryl methyl sites for hydroxylation is 1. The van der Waals surface area contributed by atoms with Gasteiger partial charge in [0, 0.05) is 11.6 Å². The average Bonchev–Trinajstić information content (AvgIpc) is 2.36. The Labute approximate surface area is 120 Å². The molecule has 0 unspecified atom stereocenters. The SMILES string of the molecule is C=CCNC(=O)COc1cc(C)c(Cl)c(C)c1Br. The fourth-order valence-corrected chi connectivity index (χ4v) is 2.08. The summed E-state index contributed by atoms with van der Waals surface area (Å²) in [4.78, 5) is 11.4. The molecule has 0 aliphatic rings. The minimum Gasteiger partial charge on any atom is -0.483 e. The van der Waals surface area contributed by atoms with Crippen LogP contribution in [0.5, 0.6) is 5.75 Å². The predicted octanol–water partition coefficient (Wildman–Crippen LogP) is 3.40. The second kappa shape index (κ2) is 6.81. The minimum absolute atomic E-state index is 0.0348. The van der Waals surface area contributed by atoms with E-state index < -0.39 is 0 Å². The molecule has 1 rings (SSSR count). The summed E-state index contributed by atoms with van der Waals surface area (Å²) >= 11 is 9.52. The van der Waals surface area contributed by atoms with E-state index in [-0.39, 0.29) is 12.5 Å². The average molecular weight is 333 g/mol. The van der Waals surface area contributed by atoms with Crippen molar-refractivity contribution in [1.29, 1.82) is 0 Å². The number of hydrogen-bond donors (Lipinski definition) is 1. The van der Waals surface area contributed by atoms with E-state index in [1.165, 1.54) is 0 Å². The maximum Gasteiger partial charge on any atom is 0.258 e. The molecule has 0 saturated carbocycles. The van der Waals surface area contributed by atoms with Gasteiger partial charge in [-0.25, -0.2) is 0 Å². The van der Waals surface area contributed by atoms with E-state index in [9.17, 15) is 4.79 Å². The lowest BCUT2D eigenvalue weighted by atomic mass is 10.1. The van der Waals surface area contributed by atoms with Crippen molar-refractivity contribution in [1.82, 2.24) is 5.32 Å². The molecule has 0 radical (unpaired) electrons. The molecule has 0 heterocycles. The van der Waals surface area contributed by atoms with Crippen molar-refractivity contribution in [2.75, 3.05) is 13.2 Å². The number of halogens is 2. The molecule has 1 aromatic rings. The number of nitrogens with one attached hydrogen (secondary N) is 1. The molecule has 3 nitrogen and oxygen atoms in total. The molecular formula is C13H15BrClNO2. The van der Waals surface area contributed by atoms with Gasteiger partial charge < -0.3 is 10.1 Å². The zero-order chi connectivity index (χ0) is 13.7. The normalized spacial score (nSPS) is 10.0. The van der Waals surface area contributed by atoms with Crippen molar-refractivity contribution < 1.29 is 9.53 Å². The van der Waals surface area contributed by atoms with Gasteiger partial charge in [0.1, 0.15) is 5.75 Å². The Hall–Kier alpha value is -1.000. The van der Waals surface area contributed by atoms with Crippen LogP contribution in [0.3, 0.4) is 0 Å². The third kappa shape index (κ3) is 3.75. The zero-order valence-corrected chi connectivity index (χ0v) is 12.7. The summed E-state index contributed by atoms with van der Waals surface area (Å²) in [6, 6.07) is 1.81. The van der Waals surface area contributed by atoms with Crippen molar-refractivity contribution in [3.8, 4) is 5.75 Å². The van der Waals surface area contributed by atoms with Gasteiger partial charge >= 0.3 is 0 Å². The second-order valence-corrected chi connectivity index (χ2v) is 5.00. The first-order valence-electron chi connectivity index (χ1n) is 5.43. The molecule has 0 saturated heterocycles. The highest BCUT2D eigenvalue weighted by Crippen LogP contribution is 2.35. The summed E-state index contributed by atoms with van der Waals surface area (Å²) in [5.41, 5.74) is 1.82. The van der Waals surface area contributed by atoms with Gasteiger partial charge in [-0.3, -0.25) is 4.79 Å². The highest BCUT2D eigenvalue weighted by molar-refractivity contribution is 9.10. The Kier molecular flexibility index (Phi) is 5.69. The Morgan fingerprint density at radius 1 is 1.61 bits per heavy atom. The lowest BCUT2D eigenvalue weighted by Crippen LogP contribution is -2.28. The van der Waals surface area contributed by atoms with Crippen LogP contribution in [0.15, 0.2) is 23.2 Å². The van der Waals surface area contributed by atoms with Crippen LogP contribution in [0.1, 0.15) is 11.1 Å². The van der Waals surface area contributed by atoms with Crippen molar-refractivity contribution in [3.63, 3.8) is 0 Å². The van der Waals surface area contributed by atoms with Gasteiger partial charge in [0.2, 0.25) is 0 Å². The number of carbonyl (C=O) groups is 1. The molecule has 0 fully saturated rings. The summed E-state index contributed by atoms with van der Waals surface area (Å²) in [6.45, 7) is 7.71. The Balaban J connectivity index is 2.74. The molecule has 1 aromatic carbocycles. The predicted molar refractivity (Wildman–Crippen MR) is 77.3 cm³/mol.